The molecule has 1 heterocycles. The number of nitrogens with zero attached hydrogens (tertiary/aromatic N) is 3. The molecule has 0 spiro atoms. The largest absolute Gasteiger partial charge is 0.313 e. The van der Waals surface area contributed by atoms with Crippen LogP contribution in [0.15, 0.2) is 36.9 Å². The number of aryl methyl sites for hydroxylation is 1. The fourth-order valence-electron chi connectivity index (χ4n) is 1.52. The first-order valence-electron chi connectivity index (χ1n) is 5.32. The van der Waals surface area contributed by atoms with E-state index in [0.29, 0.717) is 18.0 Å². The molecule has 0 atom stereocenters. The average Bonchev–Trinajstić information content (AvgIpc) is 2.81. The number of benzene rings is 1. The number of carbonyl (C=O) groups excluding carboxylic acids is 1. The maximum atomic E-state index is 11.6. The Hall–Kier alpha value is -1.68. The lowest BCUT2D eigenvalue weighted by Crippen LogP contribution is -2.09. The highest BCUT2D eigenvalue weighted by molar-refractivity contribution is 6.30. The van der Waals surface area contributed by atoms with Gasteiger partial charge >= 0.3 is 0 Å². The van der Waals surface area contributed by atoms with Crippen LogP contribution in [0, 0.1) is 0 Å². The summed E-state index contributed by atoms with van der Waals surface area (Å²) in [6.07, 6.45) is 4.33. The molecule has 88 valence electrons. The van der Waals surface area contributed by atoms with E-state index in [1.807, 2.05) is 24.3 Å². The molecule has 1 aromatic heterocycles. The van der Waals surface area contributed by atoms with Gasteiger partial charge in [-0.1, -0.05) is 23.7 Å². The van der Waals surface area contributed by atoms with Gasteiger partial charge in [-0.25, -0.2) is 0 Å². The number of hydrogen-bond acceptors (Lipinski definition) is 3. The fourth-order valence-corrected chi connectivity index (χ4v) is 1.65. The number of halogens is 1. The van der Waals surface area contributed by atoms with Crippen LogP contribution in [0.3, 0.4) is 0 Å². The van der Waals surface area contributed by atoms with Crippen LogP contribution in [0.25, 0.3) is 0 Å². The highest BCUT2D eigenvalue weighted by atomic mass is 35.5. The van der Waals surface area contributed by atoms with E-state index < -0.39 is 0 Å². The number of rotatable bonds is 5. The lowest BCUT2D eigenvalue weighted by Gasteiger charge is -2.02. The molecule has 2 rings (SSSR count). The Morgan fingerprint density at radius 3 is 2.47 bits per heavy atom. The van der Waals surface area contributed by atoms with Crippen LogP contribution < -0.4 is 0 Å². The third-order valence-electron chi connectivity index (χ3n) is 2.43. The number of carbonyl (C=O) groups is 1. The van der Waals surface area contributed by atoms with Crippen molar-refractivity contribution in [2.45, 2.75) is 19.4 Å². The van der Waals surface area contributed by atoms with Gasteiger partial charge in [0.1, 0.15) is 12.7 Å². The summed E-state index contributed by atoms with van der Waals surface area (Å²) in [5, 5.41) is 8.01. The van der Waals surface area contributed by atoms with Crippen molar-refractivity contribution in [1.29, 1.82) is 0 Å². The van der Waals surface area contributed by atoms with Crippen LogP contribution >= 0.6 is 11.6 Å². The van der Waals surface area contributed by atoms with Gasteiger partial charge in [0.2, 0.25) is 0 Å². The van der Waals surface area contributed by atoms with Crippen LogP contribution in [0.4, 0.5) is 0 Å². The second-order valence-electron chi connectivity index (χ2n) is 3.80. The van der Waals surface area contributed by atoms with Crippen molar-refractivity contribution in [1.82, 2.24) is 14.8 Å². The molecule has 0 saturated heterocycles. The van der Waals surface area contributed by atoms with Gasteiger partial charge in [-0.2, -0.15) is 0 Å². The van der Waals surface area contributed by atoms with Crippen LogP contribution in [0.2, 0.25) is 5.02 Å². The van der Waals surface area contributed by atoms with Gasteiger partial charge in [0.05, 0.1) is 6.54 Å². The third-order valence-corrected chi connectivity index (χ3v) is 2.68. The zero-order valence-electron chi connectivity index (χ0n) is 9.21. The monoisotopic (exact) mass is 249 g/mol. The van der Waals surface area contributed by atoms with Crippen molar-refractivity contribution in [2.24, 2.45) is 0 Å². The number of Topliss-reactive ketones (excluding diaryl/α,β-unsaturated/α-hetero) is 1. The lowest BCUT2D eigenvalue weighted by molar-refractivity contribution is -0.119. The van der Waals surface area contributed by atoms with E-state index in [0.717, 1.165) is 12.0 Å². The van der Waals surface area contributed by atoms with Crippen LogP contribution in [-0.4, -0.2) is 20.5 Å². The number of aromatic nitrogens is 3. The van der Waals surface area contributed by atoms with Gasteiger partial charge in [0, 0.05) is 11.4 Å². The topological polar surface area (TPSA) is 47.8 Å². The predicted octanol–water partition coefficient (Wildman–Crippen LogP) is 2.13. The first-order valence-corrected chi connectivity index (χ1v) is 5.70. The second-order valence-corrected chi connectivity index (χ2v) is 4.24. The van der Waals surface area contributed by atoms with Crippen molar-refractivity contribution in [3.63, 3.8) is 0 Å². The Bertz CT molecular complexity index is 479. The Morgan fingerprint density at radius 2 is 1.82 bits per heavy atom. The molecule has 0 N–H and O–H groups in total. The van der Waals surface area contributed by atoms with Gasteiger partial charge in [0.25, 0.3) is 0 Å². The molecular weight excluding hydrogens is 238 g/mol. The standard InChI is InChI=1S/C12H12ClN3O/c13-11-4-1-10(2-5-11)3-6-12(17)7-16-8-14-15-9-16/h1-2,4-5,8-9H,3,6-7H2. The summed E-state index contributed by atoms with van der Waals surface area (Å²) < 4.78 is 1.67. The molecule has 0 aliphatic heterocycles. The van der Waals surface area contributed by atoms with Gasteiger partial charge in [0.15, 0.2) is 5.78 Å². The Balaban J connectivity index is 1.82. The highest BCUT2D eigenvalue weighted by Crippen LogP contribution is 2.11. The molecule has 0 unspecified atom stereocenters. The Kier molecular flexibility index (Phi) is 3.88. The quantitative estimate of drug-likeness (QED) is 0.816. The van der Waals surface area contributed by atoms with Crippen molar-refractivity contribution in [3.8, 4) is 0 Å². The summed E-state index contributed by atoms with van der Waals surface area (Å²) in [7, 11) is 0. The zero-order valence-corrected chi connectivity index (χ0v) is 9.97. The highest BCUT2D eigenvalue weighted by Gasteiger charge is 2.04. The minimum absolute atomic E-state index is 0.166. The molecule has 0 aliphatic carbocycles. The molecule has 0 saturated carbocycles. The second kappa shape index (κ2) is 5.59. The molecule has 4 nitrogen and oxygen atoms in total. The molecule has 0 aliphatic rings. The van der Waals surface area contributed by atoms with E-state index in [4.69, 9.17) is 11.6 Å². The summed E-state index contributed by atoms with van der Waals surface area (Å²) in [5.41, 5.74) is 1.12. The van der Waals surface area contributed by atoms with E-state index >= 15 is 0 Å². The summed E-state index contributed by atoms with van der Waals surface area (Å²) in [5.74, 6) is 0.166. The molecule has 5 heteroatoms. The molecule has 0 bridgehead atoms. The van der Waals surface area contributed by atoms with E-state index in [2.05, 4.69) is 10.2 Å². The van der Waals surface area contributed by atoms with Crippen LogP contribution in [-0.2, 0) is 17.8 Å². The maximum Gasteiger partial charge on any atom is 0.152 e. The van der Waals surface area contributed by atoms with Crippen LogP contribution in [0.5, 0.6) is 0 Å². The van der Waals surface area contributed by atoms with Gasteiger partial charge in [-0.05, 0) is 24.1 Å². The molecule has 17 heavy (non-hydrogen) atoms. The van der Waals surface area contributed by atoms with Crippen molar-refractivity contribution in [2.75, 3.05) is 0 Å². The predicted molar refractivity (Wildman–Crippen MR) is 64.8 cm³/mol. The minimum Gasteiger partial charge on any atom is -0.313 e. The van der Waals surface area contributed by atoms with E-state index in [-0.39, 0.29) is 5.78 Å². The first kappa shape index (κ1) is 11.8. The molecule has 0 amide bonds. The normalized spacial score (nSPS) is 10.4. The molecule has 0 radical (unpaired) electrons. The average molecular weight is 250 g/mol. The van der Waals surface area contributed by atoms with Gasteiger partial charge in [-0.15, -0.1) is 10.2 Å². The van der Waals surface area contributed by atoms with Gasteiger partial charge in [-0.3, -0.25) is 4.79 Å². The molecular formula is C12H12ClN3O. The van der Waals surface area contributed by atoms with E-state index in [1.54, 1.807) is 17.2 Å². The van der Waals surface area contributed by atoms with Crippen molar-refractivity contribution >= 4 is 17.4 Å². The van der Waals surface area contributed by atoms with Crippen LogP contribution in [0.1, 0.15) is 12.0 Å². The molecule has 1 aromatic carbocycles. The molecule has 0 fully saturated rings. The van der Waals surface area contributed by atoms with Gasteiger partial charge < -0.3 is 4.57 Å². The van der Waals surface area contributed by atoms with E-state index in [1.165, 1.54) is 0 Å². The van der Waals surface area contributed by atoms with E-state index in [9.17, 15) is 4.79 Å². The molecule has 2 aromatic rings. The zero-order chi connectivity index (χ0) is 12.1. The third kappa shape index (κ3) is 3.67. The SMILES string of the molecule is O=C(CCc1ccc(Cl)cc1)Cn1cnnc1. The smallest absolute Gasteiger partial charge is 0.152 e. The Labute approximate surface area is 104 Å². The fraction of sp³-hybridized carbons (Fsp3) is 0.250. The first-order chi connectivity index (χ1) is 8.24. The summed E-state index contributed by atoms with van der Waals surface area (Å²) in [6.45, 7) is 0.334. The number of hydrogen-bond donors (Lipinski definition) is 0. The summed E-state index contributed by atoms with van der Waals surface area (Å²) in [4.78, 5) is 11.6. The Morgan fingerprint density at radius 1 is 1.18 bits per heavy atom. The summed E-state index contributed by atoms with van der Waals surface area (Å²) in [6, 6.07) is 7.55. The van der Waals surface area contributed by atoms with Crippen molar-refractivity contribution < 1.29 is 4.79 Å². The minimum atomic E-state index is 0.166. The maximum absolute atomic E-state index is 11.6. The van der Waals surface area contributed by atoms with Crippen molar-refractivity contribution in [3.05, 3.63) is 47.5 Å². The number of ketones is 1. The lowest BCUT2D eigenvalue weighted by atomic mass is 10.1. The summed E-state index contributed by atoms with van der Waals surface area (Å²) >= 11 is 5.79.